The van der Waals surface area contributed by atoms with Crippen LogP contribution in [-0.2, 0) is 4.74 Å². The minimum absolute atomic E-state index is 0.0908. The zero-order valence-corrected chi connectivity index (χ0v) is 19.0. The summed E-state index contributed by atoms with van der Waals surface area (Å²) in [4.78, 5) is 36.0. The number of benzene rings is 1. The molecule has 0 aliphatic carbocycles. The lowest BCUT2D eigenvalue weighted by Gasteiger charge is -2.33. The number of ether oxygens (including phenoxy) is 2. The Morgan fingerprint density at radius 2 is 1.89 bits per heavy atom. The number of anilines is 2. The van der Waals surface area contributed by atoms with Crippen LogP contribution in [0, 0.1) is 0 Å². The highest BCUT2D eigenvalue weighted by Gasteiger charge is 2.32. The van der Waals surface area contributed by atoms with E-state index < -0.39 is 18.0 Å². The zero-order valence-electron chi connectivity index (χ0n) is 19.0. The predicted molar refractivity (Wildman–Crippen MR) is 124 cm³/mol. The molecule has 190 valence electrons. The molecule has 0 atom stereocenters. The highest BCUT2D eigenvalue weighted by atomic mass is 19.4. The number of hydrogen-bond donors (Lipinski definition) is 2. The van der Waals surface area contributed by atoms with E-state index >= 15 is 0 Å². The molecule has 3 N–H and O–H groups in total. The number of carbonyl (C=O) groups excluding carboxylic acids is 1. The van der Waals surface area contributed by atoms with Gasteiger partial charge in [-0.2, -0.15) is 0 Å². The second-order valence-electron chi connectivity index (χ2n) is 8.73. The Kier molecular flexibility index (Phi) is 6.16. The second-order valence-corrected chi connectivity index (χ2v) is 8.73. The molecule has 1 aromatic carbocycles. The lowest BCUT2D eigenvalue weighted by molar-refractivity contribution is -0.274. The Morgan fingerprint density at radius 1 is 1.14 bits per heavy atom. The highest BCUT2D eigenvalue weighted by Crippen LogP contribution is 2.29. The van der Waals surface area contributed by atoms with Crippen molar-refractivity contribution in [1.29, 1.82) is 0 Å². The van der Waals surface area contributed by atoms with Gasteiger partial charge in [-0.3, -0.25) is 14.2 Å². The first kappa shape index (κ1) is 23.9. The molecule has 2 saturated heterocycles. The molecule has 0 spiro atoms. The lowest BCUT2D eigenvalue weighted by atomic mass is 10.0. The number of nitrogens with one attached hydrogen (secondary N) is 1. The molecule has 4 heterocycles. The van der Waals surface area contributed by atoms with Gasteiger partial charge in [0, 0.05) is 30.9 Å². The molecule has 13 heteroatoms. The van der Waals surface area contributed by atoms with Crippen molar-refractivity contribution in [3.8, 4) is 5.75 Å². The maximum Gasteiger partial charge on any atom is 0.573 e. The van der Waals surface area contributed by atoms with Gasteiger partial charge in [0.1, 0.15) is 11.3 Å². The molecule has 0 unspecified atom stereocenters. The van der Waals surface area contributed by atoms with Gasteiger partial charge in [0.15, 0.2) is 5.65 Å². The number of carbonyl (C=O) groups is 1. The number of halogens is 3. The number of hydrogen-bond acceptors (Lipinski definition) is 8. The van der Waals surface area contributed by atoms with E-state index in [1.165, 1.54) is 12.3 Å². The van der Waals surface area contributed by atoms with Crippen molar-refractivity contribution < 1.29 is 27.4 Å². The average Bonchev–Trinajstić information content (AvgIpc) is 2.80. The quantitative estimate of drug-likeness (QED) is 0.508. The standard InChI is InChI=1S/C23H23F3N6O4/c24-23(25,26)36-16-1-2-17(18(27)8-16)22(34)31-5-3-15(4-6-31)32-20(33)10-28-19-7-13(9-29-21(19)32)30-14-11-35-12-14/h1-2,7-10,14-15,30H,3-6,11-12,27H2. The number of nitrogens with two attached hydrogens (primary N) is 1. The van der Waals surface area contributed by atoms with E-state index in [2.05, 4.69) is 20.0 Å². The van der Waals surface area contributed by atoms with Crippen LogP contribution in [0.4, 0.5) is 24.5 Å². The fourth-order valence-corrected chi connectivity index (χ4v) is 4.43. The van der Waals surface area contributed by atoms with Gasteiger partial charge in [-0.1, -0.05) is 0 Å². The zero-order chi connectivity index (χ0) is 25.4. The largest absolute Gasteiger partial charge is 0.573 e. The topological polar surface area (TPSA) is 125 Å². The maximum absolute atomic E-state index is 13.0. The summed E-state index contributed by atoms with van der Waals surface area (Å²) in [7, 11) is 0. The summed E-state index contributed by atoms with van der Waals surface area (Å²) in [5, 5.41) is 3.30. The van der Waals surface area contributed by atoms with Crippen molar-refractivity contribution in [3.05, 3.63) is 52.6 Å². The Bertz CT molecular complexity index is 1350. The van der Waals surface area contributed by atoms with Gasteiger partial charge in [0.05, 0.1) is 42.9 Å². The Balaban J connectivity index is 1.29. The summed E-state index contributed by atoms with van der Waals surface area (Å²) in [6, 6.07) is 5.11. The van der Waals surface area contributed by atoms with Crippen molar-refractivity contribution in [2.45, 2.75) is 31.3 Å². The molecule has 0 bridgehead atoms. The molecule has 2 fully saturated rings. The van der Waals surface area contributed by atoms with Crippen LogP contribution in [0.5, 0.6) is 5.75 Å². The van der Waals surface area contributed by atoms with E-state index in [4.69, 9.17) is 10.5 Å². The van der Waals surface area contributed by atoms with Crippen LogP contribution in [0.3, 0.4) is 0 Å². The Hall–Kier alpha value is -3.87. The van der Waals surface area contributed by atoms with Crippen LogP contribution in [-0.4, -0.2) is 64.0 Å². The van der Waals surface area contributed by atoms with Gasteiger partial charge in [-0.05, 0) is 31.0 Å². The number of pyridine rings is 1. The fraction of sp³-hybridized carbons (Fsp3) is 0.391. The number of aromatic nitrogens is 3. The monoisotopic (exact) mass is 504 g/mol. The molecule has 1 amide bonds. The third-order valence-corrected chi connectivity index (χ3v) is 6.24. The van der Waals surface area contributed by atoms with Crippen LogP contribution in [0.2, 0.25) is 0 Å². The Labute approximate surface area is 202 Å². The average molecular weight is 504 g/mol. The van der Waals surface area contributed by atoms with Gasteiger partial charge in [0.2, 0.25) is 0 Å². The first-order chi connectivity index (χ1) is 17.2. The van der Waals surface area contributed by atoms with Crippen LogP contribution in [0.1, 0.15) is 29.2 Å². The first-order valence-corrected chi connectivity index (χ1v) is 11.3. The van der Waals surface area contributed by atoms with Gasteiger partial charge < -0.3 is 25.4 Å². The number of fused-ring (bicyclic) bond motifs is 1. The number of alkyl halides is 3. The minimum atomic E-state index is -4.85. The predicted octanol–water partition coefficient (Wildman–Crippen LogP) is 2.56. The van der Waals surface area contributed by atoms with Gasteiger partial charge in [-0.25, -0.2) is 9.97 Å². The van der Waals surface area contributed by atoms with Gasteiger partial charge in [0.25, 0.3) is 11.5 Å². The SMILES string of the molecule is Nc1cc(OC(F)(F)F)ccc1C(=O)N1CCC(n2c(=O)cnc3cc(NC4COC4)cnc32)CC1. The summed E-state index contributed by atoms with van der Waals surface area (Å²) in [6.07, 6.45) is -0.954. The van der Waals surface area contributed by atoms with E-state index in [0.29, 0.717) is 50.3 Å². The van der Waals surface area contributed by atoms with E-state index in [9.17, 15) is 22.8 Å². The molecular weight excluding hydrogens is 481 g/mol. The van der Waals surface area contributed by atoms with Crippen molar-refractivity contribution in [1.82, 2.24) is 19.4 Å². The molecule has 0 saturated carbocycles. The summed E-state index contributed by atoms with van der Waals surface area (Å²) < 4.78 is 47.9. The van der Waals surface area contributed by atoms with Crippen molar-refractivity contribution in [2.24, 2.45) is 0 Å². The molecule has 2 aromatic heterocycles. The molecule has 3 aromatic rings. The lowest BCUT2D eigenvalue weighted by Crippen LogP contribution is -2.41. The fourth-order valence-electron chi connectivity index (χ4n) is 4.43. The van der Waals surface area contributed by atoms with E-state index in [1.807, 2.05) is 6.07 Å². The van der Waals surface area contributed by atoms with Crippen LogP contribution >= 0.6 is 0 Å². The smallest absolute Gasteiger partial charge is 0.406 e. The Morgan fingerprint density at radius 3 is 2.53 bits per heavy atom. The molecular formula is C23H23F3N6O4. The molecule has 2 aliphatic rings. The van der Waals surface area contributed by atoms with E-state index in [0.717, 1.165) is 17.8 Å². The number of nitrogens with zero attached hydrogens (tertiary/aromatic N) is 4. The third kappa shape index (κ3) is 4.91. The number of likely N-dealkylation sites (tertiary alicyclic amines) is 1. The summed E-state index contributed by atoms with van der Waals surface area (Å²) in [6.45, 7) is 1.92. The van der Waals surface area contributed by atoms with Crippen molar-refractivity contribution in [2.75, 3.05) is 37.4 Å². The number of amides is 1. The van der Waals surface area contributed by atoms with Crippen molar-refractivity contribution >= 4 is 28.4 Å². The minimum Gasteiger partial charge on any atom is -0.406 e. The first-order valence-electron chi connectivity index (χ1n) is 11.3. The molecule has 2 aliphatic heterocycles. The maximum atomic E-state index is 13.0. The molecule has 10 nitrogen and oxygen atoms in total. The highest BCUT2D eigenvalue weighted by molar-refractivity contribution is 5.99. The van der Waals surface area contributed by atoms with Crippen molar-refractivity contribution in [3.63, 3.8) is 0 Å². The summed E-state index contributed by atoms with van der Waals surface area (Å²) in [5.74, 6) is -0.892. The normalized spacial score (nSPS) is 17.1. The summed E-state index contributed by atoms with van der Waals surface area (Å²) in [5.41, 5.74) is 7.37. The third-order valence-electron chi connectivity index (χ3n) is 6.24. The number of piperidine rings is 1. The van der Waals surface area contributed by atoms with E-state index in [-0.39, 0.29) is 28.9 Å². The van der Waals surface area contributed by atoms with E-state index in [1.54, 1.807) is 15.7 Å². The molecule has 5 rings (SSSR count). The second kappa shape index (κ2) is 9.30. The number of rotatable bonds is 5. The number of nitrogen functional groups attached to an aromatic ring is 1. The molecule has 0 radical (unpaired) electrons. The van der Waals surface area contributed by atoms with Crippen LogP contribution in [0.25, 0.3) is 11.2 Å². The van der Waals surface area contributed by atoms with Crippen LogP contribution in [0.15, 0.2) is 41.5 Å². The van der Waals surface area contributed by atoms with Gasteiger partial charge in [-0.15, -0.1) is 13.2 Å². The van der Waals surface area contributed by atoms with Gasteiger partial charge >= 0.3 is 6.36 Å². The van der Waals surface area contributed by atoms with Crippen LogP contribution < -0.4 is 21.3 Å². The molecule has 36 heavy (non-hydrogen) atoms. The summed E-state index contributed by atoms with van der Waals surface area (Å²) >= 11 is 0.